The molecule has 4 nitrogen and oxygen atoms in total. The molecular formula is C43H25N3OS. The smallest absolute Gasteiger partial charge is 0.160 e. The van der Waals surface area contributed by atoms with Crippen LogP contribution in [0.15, 0.2) is 156 Å². The highest BCUT2D eigenvalue weighted by atomic mass is 32.1. The fourth-order valence-corrected chi connectivity index (χ4v) is 8.08. The Morgan fingerprint density at radius 2 is 1.17 bits per heavy atom. The largest absolute Gasteiger partial charge is 0.456 e. The van der Waals surface area contributed by atoms with Crippen LogP contribution in [-0.2, 0) is 0 Å². The minimum Gasteiger partial charge on any atom is -0.456 e. The second kappa shape index (κ2) is 10.7. The van der Waals surface area contributed by atoms with Gasteiger partial charge in [0, 0.05) is 58.6 Å². The van der Waals surface area contributed by atoms with E-state index in [1.165, 1.54) is 25.6 Å². The number of fused-ring (bicyclic) bond motifs is 8. The SMILES string of the molecule is c1ccc(-c2nc(-c3ccc4sc5c6ccccc6nc(-c6ccccc6)c5c4c3)cc(-c3cccc4oc5ccccc5c34)n2)cc1. The first-order valence-electron chi connectivity index (χ1n) is 15.9. The molecule has 0 atom stereocenters. The molecule has 0 aliphatic carbocycles. The van der Waals surface area contributed by atoms with Gasteiger partial charge in [0.2, 0.25) is 0 Å². The Kier molecular flexibility index (Phi) is 6.01. The van der Waals surface area contributed by atoms with E-state index >= 15 is 0 Å². The summed E-state index contributed by atoms with van der Waals surface area (Å²) in [6, 6.07) is 52.3. The van der Waals surface area contributed by atoms with Gasteiger partial charge in [-0.1, -0.05) is 115 Å². The van der Waals surface area contributed by atoms with Crippen molar-refractivity contribution in [1.29, 1.82) is 0 Å². The number of hydrogen-bond acceptors (Lipinski definition) is 5. The molecule has 0 fully saturated rings. The third kappa shape index (κ3) is 4.25. The monoisotopic (exact) mass is 631 g/mol. The van der Waals surface area contributed by atoms with E-state index < -0.39 is 0 Å². The molecule has 0 radical (unpaired) electrons. The molecule has 4 heterocycles. The fraction of sp³-hybridized carbons (Fsp3) is 0. The molecule has 5 heteroatoms. The number of hydrogen-bond donors (Lipinski definition) is 0. The molecule has 0 aliphatic heterocycles. The lowest BCUT2D eigenvalue weighted by molar-refractivity contribution is 0.669. The van der Waals surface area contributed by atoms with E-state index in [9.17, 15) is 0 Å². The highest BCUT2D eigenvalue weighted by Crippen LogP contribution is 2.44. The Labute approximate surface area is 279 Å². The second-order valence-electron chi connectivity index (χ2n) is 12.0. The Balaban J connectivity index is 1.25. The lowest BCUT2D eigenvalue weighted by Crippen LogP contribution is -1.96. The van der Waals surface area contributed by atoms with Crippen LogP contribution < -0.4 is 0 Å². The van der Waals surface area contributed by atoms with Crippen LogP contribution in [0.1, 0.15) is 0 Å². The fourth-order valence-electron chi connectivity index (χ4n) is 6.86. The molecule has 48 heavy (non-hydrogen) atoms. The molecule has 0 saturated carbocycles. The molecule has 0 saturated heterocycles. The van der Waals surface area contributed by atoms with E-state index in [1.807, 2.05) is 53.8 Å². The van der Waals surface area contributed by atoms with Gasteiger partial charge in [-0.05, 0) is 36.4 Å². The van der Waals surface area contributed by atoms with Gasteiger partial charge >= 0.3 is 0 Å². The average molecular weight is 632 g/mol. The van der Waals surface area contributed by atoms with Crippen molar-refractivity contribution in [3.05, 3.63) is 152 Å². The second-order valence-corrected chi connectivity index (χ2v) is 13.0. The van der Waals surface area contributed by atoms with Crippen molar-refractivity contribution < 1.29 is 4.42 Å². The summed E-state index contributed by atoms with van der Waals surface area (Å²) in [5, 5.41) is 5.65. The van der Waals surface area contributed by atoms with Crippen molar-refractivity contribution in [2.75, 3.05) is 0 Å². The van der Waals surface area contributed by atoms with Gasteiger partial charge in [-0.3, -0.25) is 0 Å². The van der Waals surface area contributed by atoms with Gasteiger partial charge in [0.15, 0.2) is 5.82 Å². The predicted molar refractivity (Wildman–Crippen MR) is 199 cm³/mol. The predicted octanol–water partition coefficient (Wildman–Crippen LogP) is 12.0. The summed E-state index contributed by atoms with van der Waals surface area (Å²) >= 11 is 1.82. The molecular weight excluding hydrogens is 607 g/mol. The van der Waals surface area contributed by atoms with Crippen molar-refractivity contribution in [3.8, 4) is 45.2 Å². The van der Waals surface area contributed by atoms with E-state index in [-0.39, 0.29) is 0 Å². The van der Waals surface area contributed by atoms with Crippen LogP contribution >= 0.6 is 11.3 Å². The highest BCUT2D eigenvalue weighted by Gasteiger charge is 2.19. The number of pyridine rings is 1. The lowest BCUT2D eigenvalue weighted by atomic mass is 9.99. The number of para-hydroxylation sites is 2. The minimum absolute atomic E-state index is 0.681. The number of thiophene rings is 1. The Morgan fingerprint density at radius 1 is 0.458 bits per heavy atom. The number of benzene rings is 6. The van der Waals surface area contributed by atoms with Crippen molar-refractivity contribution in [1.82, 2.24) is 15.0 Å². The van der Waals surface area contributed by atoms with Crippen molar-refractivity contribution in [3.63, 3.8) is 0 Å². The van der Waals surface area contributed by atoms with Crippen LogP contribution in [0.4, 0.5) is 0 Å². The summed E-state index contributed by atoms with van der Waals surface area (Å²) in [6.45, 7) is 0. The first kappa shape index (κ1) is 27.0. The normalized spacial score (nSPS) is 11.8. The van der Waals surface area contributed by atoms with Crippen molar-refractivity contribution in [2.24, 2.45) is 0 Å². The molecule has 4 aromatic heterocycles. The van der Waals surface area contributed by atoms with Gasteiger partial charge in [-0.2, -0.15) is 0 Å². The summed E-state index contributed by atoms with van der Waals surface area (Å²) in [6.07, 6.45) is 0. The van der Waals surface area contributed by atoms with Crippen LogP contribution in [0.2, 0.25) is 0 Å². The molecule has 0 bridgehead atoms. The van der Waals surface area contributed by atoms with Gasteiger partial charge in [0.1, 0.15) is 11.2 Å². The zero-order valence-electron chi connectivity index (χ0n) is 25.6. The van der Waals surface area contributed by atoms with Crippen LogP contribution in [0.25, 0.3) is 98.2 Å². The summed E-state index contributed by atoms with van der Waals surface area (Å²) in [5.74, 6) is 0.681. The Hall–Kier alpha value is -6.17. The third-order valence-corrected chi connectivity index (χ3v) is 10.3. The van der Waals surface area contributed by atoms with Crippen molar-refractivity contribution in [2.45, 2.75) is 0 Å². The topological polar surface area (TPSA) is 51.8 Å². The number of aromatic nitrogens is 3. The number of rotatable bonds is 4. The zero-order valence-corrected chi connectivity index (χ0v) is 26.4. The molecule has 0 unspecified atom stereocenters. The van der Waals surface area contributed by atoms with Gasteiger partial charge < -0.3 is 4.42 Å². The number of nitrogens with zero attached hydrogens (tertiary/aromatic N) is 3. The average Bonchev–Trinajstić information content (AvgIpc) is 3.74. The van der Waals surface area contributed by atoms with Crippen LogP contribution in [0.3, 0.4) is 0 Å². The zero-order chi connectivity index (χ0) is 31.6. The molecule has 0 aliphatic rings. The van der Waals surface area contributed by atoms with Crippen LogP contribution in [0.5, 0.6) is 0 Å². The first-order chi connectivity index (χ1) is 23.8. The summed E-state index contributed by atoms with van der Waals surface area (Å²) in [5.41, 5.74) is 9.54. The molecule has 0 spiro atoms. The van der Waals surface area contributed by atoms with E-state index in [2.05, 4.69) is 109 Å². The molecule has 10 aromatic rings. The van der Waals surface area contributed by atoms with E-state index in [4.69, 9.17) is 19.4 Å². The van der Waals surface area contributed by atoms with Gasteiger partial charge in [0.05, 0.1) is 22.6 Å². The van der Waals surface area contributed by atoms with E-state index in [0.29, 0.717) is 5.82 Å². The lowest BCUT2D eigenvalue weighted by Gasteiger charge is -2.11. The van der Waals surface area contributed by atoms with Gasteiger partial charge in [-0.15, -0.1) is 11.3 Å². The maximum absolute atomic E-state index is 6.25. The summed E-state index contributed by atoms with van der Waals surface area (Å²) in [4.78, 5) is 15.6. The Morgan fingerprint density at radius 3 is 2.02 bits per heavy atom. The molecule has 10 rings (SSSR count). The van der Waals surface area contributed by atoms with Gasteiger partial charge in [0.25, 0.3) is 0 Å². The highest BCUT2D eigenvalue weighted by molar-refractivity contribution is 7.26. The van der Waals surface area contributed by atoms with Crippen molar-refractivity contribution >= 4 is 64.4 Å². The van der Waals surface area contributed by atoms with Crippen LogP contribution in [0, 0.1) is 0 Å². The van der Waals surface area contributed by atoms with Gasteiger partial charge in [-0.25, -0.2) is 15.0 Å². The maximum atomic E-state index is 6.25. The Bertz CT molecular complexity index is 2840. The maximum Gasteiger partial charge on any atom is 0.160 e. The van der Waals surface area contributed by atoms with E-state index in [1.54, 1.807) is 0 Å². The third-order valence-electron chi connectivity index (χ3n) is 9.09. The molecule has 0 N–H and O–H groups in total. The summed E-state index contributed by atoms with van der Waals surface area (Å²) in [7, 11) is 0. The quantitative estimate of drug-likeness (QED) is 0.194. The standard InChI is InChI=1S/C43H25N3OS/c1-3-12-26(13-4-1)41-40-32-24-28(22-23-38(32)48-42(40)30-16-7-9-19-33(30)44-41)34-25-35(46-43(45-34)27-14-5-2-6-15-27)29-18-11-21-37-39(29)31-17-8-10-20-36(31)47-37/h1-25H. The molecule has 6 aromatic carbocycles. The van der Waals surface area contributed by atoms with Crippen LogP contribution in [-0.4, -0.2) is 15.0 Å². The number of furan rings is 1. The van der Waals surface area contributed by atoms with E-state index in [0.717, 1.165) is 66.8 Å². The minimum atomic E-state index is 0.681. The molecule has 0 amide bonds. The first-order valence-corrected chi connectivity index (χ1v) is 16.8. The summed E-state index contributed by atoms with van der Waals surface area (Å²) < 4.78 is 8.72. The molecule has 224 valence electrons.